The minimum Gasteiger partial charge on any atom is -0.258 e. The minimum atomic E-state index is -0.523. The number of hydrogen-bond donors (Lipinski definition) is 0. The Morgan fingerprint density at radius 3 is 2.88 bits per heavy atom. The Morgan fingerprint density at radius 2 is 1.94 bits per heavy atom. The van der Waals surface area contributed by atoms with Gasteiger partial charge < -0.3 is 0 Å². The summed E-state index contributed by atoms with van der Waals surface area (Å²) in [6.07, 6.45) is -0.419. The van der Waals surface area contributed by atoms with Crippen molar-refractivity contribution in [3.8, 4) is 5.69 Å². The molecule has 0 saturated heterocycles. The van der Waals surface area contributed by atoms with Crippen LogP contribution in [0.4, 0.5) is 0 Å². The van der Waals surface area contributed by atoms with Gasteiger partial charge >= 0.3 is 0 Å². The van der Waals surface area contributed by atoms with Gasteiger partial charge in [-0.15, -0.1) is 6.04 Å². The van der Waals surface area contributed by atoms with Crippen LogP contribution >= 0.6 is 0 Å². The fraction of sp³-hybridized carbons (Fsp3) is 0. The van der Waals surface area contributed by atoms with Gasteiger partial charge in [0.2, 0.25) is 0 Å². The molecule has 0 bridgehead atoms. The third-order valence-electron chi connectivity index (χ3n) is 1.84. The van der Waals surface area contributed by atoms with Crippen molar-refractivity contribution in [2.45, 2.75) is 0 Å². The van der Waals surface area contributed by atoms with E-state index in [1.54, 1.807) is 0 Å². The van der Waals surface area contributed by atoms with Gasteiger partial charge in [0.15, 0.2) is 0 Å². The fourth-order valence-corrected chi connectivity index (χ4v) is 1.21. The van der Waals surface area contributed by atoms with Gasteiger partial charge in [-0.25, -0.2) is 0 Å². The predicted octanol–water partition coefficient (Wildman–Crippen LogP) is 2.82. The molecular formula is C13H9IrN2-. The molecule has 2 nitrogen and oxygen atoms in total. The van der Waals surface area contributed by atoms with E-state index in [-0.39, 0.29) is 36.7 Å². The van der Waals surface area contributed by atoms with Crippen molar-refractivity contribution in [1.29, 1.82) is 0 Å². The van der Waals surface area contributed by atoms with Crippen LogP contribution in [0.5, 0.6) is 0 Å². The molecule has 1 heterocycles. The number of aromatic nitrogens is 2. The third kappa shape index (κ3) is 1.80. The molecule has 0 aliphatic rings. The van der Waals surface area contributed by atoms with Crippen molar-refractivity contribution in [2.75, 3.05) is 0 Å². The SMILES string of the molecule is [2H]c1[c-]c(-n2nc([2H])c3c([2H])c([2H])c([2H])c([2H])c32)c([2H])c([2H])c1[2H].[Ir]. The summed E-state index contributed by atoms with van der Waals surface area (Å²) in [7, 11) is 0. The predicted molar refractivity (Wildman–Crippen MR) is 59.9 cm³/mol. The molecule has 3 rings (SSSR count). The molecule has 0 spiro atoms. The number of fused-ring (bicyclic) bond motifs is 1. The quantitative estimate of drug-likeness (QED) is 0.581. The maximum atomic E-state index is 8.01. The summed E-state index contributed by atoms with van der Waals surface area (Å²) in [6.45, 7) is 0. The summed E-state index contributed by atoms with van der Waals surface area (Å²) in [5.74, 6) is 0. The van der Waals surface area contributed by atoms with E-state index in [2.05, 4.69) is 11.2 Å². The van der Waals surface area contributed by atoms with Crippen molar-refractivity contribution in [2.24, 2.45) is 0 Å². The molecule has 81 valence electrons. The first-order valence-corrected chi connectivity index (χ1v) is 4.12. The zero-order valence-corrected chi connectivity index (χ0v) is 10.1. The Morgan fingerprint density at radius 1 is 1.12 bits per heavy atom. The molecule has 0 fully saturated rings. The Hall–Kier alpha value is -1.44. The second-order valence-corrected chi connectivity index (χ2v) is 2.72. The summed E-state index contributed by atoms with van der Waals surface area (Å²) in [6, 6.07) is -1.38. The molecule has 0 unspecified atom stereocenters. The van der Waals surface area contributed by atoms with Gasteiger partial charge in [-0.2, -0.15) is 29.3 Å². The summed E-state index contributed by atoms with van der Waals surface area (Å²) in [5.41, 5.74) is -0.346. The van der Waals surface area contributed by atoms with Crippen LogP contribution in [0.1, 0.15) is 12.3 Å². The molecule has 0 aliphatic carbocycles. The van der Waals surface area contributed by atoms with Gasteiger partial charge in [0.05, 0.1) is 18.5 Å². The van der Waals surface area contributed by atoms with E-state index in [0.29, 0.717) is 0 Å². The van der Waals surface area contributed by atoms with Crippen LogP contribution in [0, 0.1) is 6.07 Å². The second kappa shape index (κ2) is 4.60. The third-order valence-corrected chi connectivity index (χ3v) is 1.84. The van der Waals surface area contributed by atoms with Gasteiger partial charge in [-0.1, -0.05) is 18.1 Å². The van der Waals surface area contributed by atoms with Gasteiger partial charge in [0, 0.05) is 28.2 Å². The van der Waals surface area contributed by atoms with Gasteiger partial charge in [-0.05, 0) is 14.5 Å². The smallest absolute Gasteiger partial charge is 0.0867 e. The van der Waals surface area contributed by atoms with E-state index in [1.165, 1.54) is 0 Å². The van der Waals surface area contributed by atoms with E-state index < -0.39 is 54.5 Å². The molecule has 16 heavy (non-hydrogen) atoms. The van der Waals surface area contributed by atoms with E-state index in [4.69, 9.17) is 12.3 Å². The van der Waals surface area contributed by atoms with Crippen molar-refractivity contribution in [3.05, 3.63) is 60.6 Å². The molecule has 0 aliphatic heterocycles. The molecule has 0 N–H and O–H groups in total. The van der Waals surface area contributed by atoms with Crippen LogP contribution in [0.25, 0.3) is 16.6 Å². The number of hydrogen-bond acceptors (Lipinski definition) is 1. The molecule has 0 saturated carbocycles. The Balaban J connectivity index is 0.00000225. The monoisotopic (exact) mass is 395 g/mol. The van der Waals surface area contributed by atoms with Crippen LogP contribution < -0.4 is 0 Å². The maximum Gasteiger partial charge on any atom is 0.0867 e. The standard InChI is InChI=1S/C13H9N2.Ir/c1-2-7-12(8-3-1)15-13-9-5-4-6-11(13)10-14-15;/h1-7,9-10H;/q-1;/i1D,2D,3D,4D,5D,6D,7D,9D,10D;. The topological polar surface area (TPSA) is 17.8 Å². The van der Waals surface area contributed by atoms with Gasteiger partial charge in [0.25, 0.3) is 0 Å². The average Bonchev–Trinajstić information content (AvgIpc) is 2.89. The zero-order valence-electron chi connectivity index (χ0n) is 16.7. The van der Waals surface area contributed by atoms with Crippen molar-refractivity contribution in [3.63, 3.8) is 0 Å². The van der Waals surface area contributed by atoms with Gasteiger partial charge in [-0.3, -0.25) is 4.68 Å². The normalized spacial score (nSPS) is 17.9. The van der Waals surface area contributed by atoms with Crippen LogP contribution in [-0.2, 0) is 20.1 Å². The van der Waals surface area contributed by atoms with E-state index in [1.807, 2.05) is 0 Å². The van der Waals surface area contributed by atoms with Crippen LogP contribution in [0.3, 0.4) is 0 Å². The van der Waals surface area contributed by atoms with Crippen molar-refractivity contribution < 1.29 is 32.4 Å². The summed E-state index contributed by atoms with van der Waals surface area (Å²) in [4.78, 5) is 0. The second-order valence-electron chi connectivity index (χ2n) is 2.72. The fourth-order valence-electron chi connectivity index (χ4n) is 1.21. The van der Waals surface area contributed by atoms with Crippen molar-refractivity contribution in [1.82, 2.24) is 9.78 Å². The largest absolute Gasteiger partial charge is 0.258 e. The Labute approximate surface area is 120 Å². The number of para-hydroxylation sites is 2. The minimum absolute atomic E-state index is 0. The van der Waals surface area contributed by atoms with Crippen LogP contribution in [0.2, 0.25) is 0 Å². The molecule has 3 heteroatoms. The van der Waals surface area contributed by atoms with Crippen LogP contribution in [-0.4, -0.2) is 9.78 Å². The molecule has 2 aromatic carbocycles. The number of nitrogens with zero attached hydrogens (tertiary/aromatic N) is 2. The summed E-state index contributed by atoms with van der Waals surface area (Å²) < 4.78 is 70.9. The maximum absolute atomic E-state index is 8.01. The summed E-state index contributed by atoms with van der Waals surface area (Å²) in [5, 5.41) is 3.71. The van der Waals surface area contributed by atoms with Crippen LogP contribution in [0.15, 0.2) is 54.5 Å². The van der Waals surface area contributed by atoms with E-state index >= 15 is 0 Å². The molecule has 0 amide bonds. The first-order chi connectivity index (χ1) is 11.2. The van der Waals surface area contributed by atoms with E-state index in [9.17, 15) is 0 Å². The van der Waals surface area contributed by atoms with Gasteiger partial charge in [0.1, 0.15) is 0 Å². The average molecular weight is 395 g/mol. The number of rotatable bonds is 1. The van der Waals surface area contributed by atoms with E-state index in [0.717, 1.165) is 4.68 Å². The molecule has 0 atom stereocenters. The first kappa shape index (κ1) is 4.44. The zero-order chi connectivity index (χ0) is 17.9. The molecular weight excluding hydrogens is 376 g/mol. The number of benzene rings is 2. The van der Waals surface area contributed by atoms with Crippen molar-refractivity contribution >= 4 is 10.9 Å². The summed E-state index contributed by atoms with van der Waals surface area (Å²) >= 11 is 0. The Kier molecular flexibility index (Phi) is 1.28. The first-order valence-electron chi connectivity index (χ1n) is 8.62. The molecule has 1 aromatic heterocycles. The molecule has 3 aromatic rings. The molecule has 1 radical (unpaired) electrons. The Bertz CT molecular complexity index is 1020.